The molecule has 0 radical (unpaired) electrons. The number of phenolic OH excluding ortho intramolecular Hbond substituents is 2. The number of aliphatic imine (C=N–C) groups is 2. The van der Waals surface area contributed by atoms with E-state index in [-0.39, 0.29) is 11.5 Å². The fourth-order valence-electron chi connectivity index (χ4n) is 4.67. The number of benzene rings is 3. The van der Waals surface area contributed by atoms with Crippen LogP contribution >= 0.6 is 45.3 Å². The van der Waals surface area contributed by atoms with E-state index in [1.54, 1.807) is 69.9 Å². The lowest BCUT2D eigenvalue weighted by Crippen LogP contribution is -1.85. The van der Waals surface area contributed by atoms with Crippen LogP contribution in [0.4, 0.5) is 11.4 Å². The first-order valence-electron chi connectivity index (χ1n) is 13.7. The second kappa shape index (κ2) is 12.6. The first-order chi connectivity index (χ1) is 21.6. The third-order valence-corrected chi connectivity index (χ3v) is 11.3. The Labute approximate surface area is 270 Å². The minimum Gasteiger partial charge on any atom is -0.507 e. The zero-order valence-corrected chi connectivity index (χ0v) is 26.4. The summed E-state index contributed by atoms with van der Waals surface area (Å²) in [7, 11) is 0. The number of hydrogen-bond donors (Lipinski definition) is 2. The van der Waals surface area contributed by atoms with Gasteiger partial charge in [-0.25, -0.2) is 0 Å². The van der Waals surface area contributed by atoms with Crippen molar-refractivity contribution in [2.75, 3.05) is 0 Å². The number of rotatable bonds is 8. The normalized spacial score (nSPS) is 11.6. The number of aromatic hydroxyl groups is 2. The van der Waals surface area contributed by atoms with Crippen LogP contribution in [0.3, 0.4) is 0 Å². The molecule has 0 unspecified atom stereocenters. The first kappa shape index (κ1) is 28.2. The van der Waals surface area contributed by atoms with Gasteiger partial charge in [0.2, 0.25) is 0 Å². The predicted molar refractivity (Wildman–Crippen MR) is 190 cm³/mol. The summed E-state index contributed by atoms with van der Waals surface area (Å²) >= 11 is 6.90. The van der Waals surface area contributed by atoms with Crippen molar-refractivity contribution >= 4 is 69.2 Å². The predicted octanol–water partition coefficient (Wildman–Crippen LogP) is 11.5. The molecule has 0 amide bonds. The van der Waals surface area contributed by atoms with E-state index in [0.29, 0.717) is 22.5 Å². The number of hydrogen-bond acceptors (Lipinski definition) is 8. The van der Waals surface area contributed by atoms with E-state index in [9.17, 15) is 10.2 Å². The van der Waals surface area contributed by atoms with E-state index in [1.807, 2.05) is 48.5 Å². The highest BCUT2D eigenvalue weighted by Crippen LogP contribution is 2.39. The third-order valence-electron chi connectivity index (χ3n) is 6.93. The average molecular weight is 645 g/mol. The van der Waals surface area contributed by atoms with Gasteiger partial charge in [-0.2, -0.15) is 0 Å². The van der Waals surface area contributed by atoms with Crippen LogP contribution in [0.15, 0.2) is 130 Å². The molecule has 4 heterocycles. The van der Waals surface area contributed by atoms with Crippen molar-refractivity contribution < 1.29 is 10.2 Å². The van der Waals surface area contributed by atoms with Crippen LogP contribution in [0.1, 0.15) is 11.1 Å². The smallest absolute Gasteiger partial charge is 0.124 e. The molecule has 0 atom stereocenters. The van der Waals surface area contributed by atoms with Gasteiger partial charge in [0.25, 0.3) is 0 Å². The molecule has 0 aliphatic rings. The molecule has 0 fully saturated rings. The Morgan fingerprint density at radius 2 is 0.909 bits per heavy atom. The Morgan fingerprint density at radius 3 is 1.34 bits per heavy atom. The van der Waals surface area contributed by atoms with Crippen LogP contribution in [0, 0.1) is 0 Å². The summed E-state index contributed by atoms with van der Waals surface area (Å²) in [4.78, 5) is 16.6. The molecular formula is C36H24N2O2S4. The van der Waals surface area contributed by atoms with Gasteiger partial charge in [-0.3, -0.25) is 9.98 Å². The standard InChI is InChI=1S/C36H24N2O2S4/c39-29-11-9-23(31-13-15-35(43-31)33-7-3-17-41-33)19-25(29)21-37-27-5-1-2-6-28(27)38-22-26-20-24(10-12-30(26)40)32-14-16-36(44-32)34-8-4-18-42-34/h1-22,39-40H. The van der Waals surface area contributed by atoms with Gasteiger partial charge in [-0.1, -0.05) is 24.3 Å². The molecule has 4 nitrogen and oxygen atoms in total. The maximum atomic E-state index is 10.6. The Hall–Kier alpha value is -4.60. The molecule has 4 aromatic heterocycles. The van der Waals surface area contributed by atoms with Gasteiger partial charge < -0.3 is 10.2 Å². The van der Waals surface area contributed by atoms with Crippen molar-refractivity contribution in [3.63, 3.8) is 0 Å². The maximum Gasteiger partial charge on any atom is 0.124 e. The Balaban J connectivity index is 1.13. The van der Waals surface area contributed by atoms with E-state index in [2.05, 4.69) is 59.3 Å². The van der Waals surface area contributed by atoms with Crippen molar-refractivity contribution in [3.8, 4) is 51.9 Å². The quantitative estimate of drug-likeness (QED) is 0.162. The molecule has 2 N–H and O–H groups in total. The van der Waals surface area contributed by atoms with E-state index in [4.69, 9.17) is 9.98 Å². The SMILES string of the molecule is Oc1ccc(-c2ccc(-c3cccs3)s2)cc1C=Nc1ccccc1N=Cc1cc(-c2ccc(-c3cccs3)s2)ccc1O. The summed E-state index contributed by atoms with van der Waals surface area (Å²) in [5.74, 6) is 0.317. The molecule has 0 aliphatic carbocycles. The Bertz CT molecular complexity index is 1950. The van der Waals surface area contributed by atoms with Gasteiger partial charge in [-0.05, 0) is 107 Å². The van der Waals surface area contributed by atoms with Crippen LogP contribution in [0.25, 0.3) is 40.4 Å². The van der Waals surface area contributed by atoms with Crippen LogP contribution < -0.4 is 0 Å². The van der Waals surface area contributed by atoms with E-state index < -0.39 is 0 Å². The van der Waals surface area contributed by atoms with Gasteiger partial charge in [0, 0.05) is 52.8 Å². The molecule has 214 valence electrons. The zero-order chi connectivity index (χ0) is 29.9. The minimum absolute atomic E-state index is 0.158. The number of thiophene rings is 4. The summed E-state index contributed by atoms with van der Waals surface area (Å²) in [6, 6.07) is 35.6. The Morgan fingerprint density at radius 1 is 0.455 bits per heavy atom. The van der Waals surface area contributed by atoms with E-state index in [1.165, 1.54) is 19.5 Å². The molecular weight excluding hydrogens is 621 g/mol. The number of para-hydroxylation sites is 2. The number of nitrogens with zero attached hydrogens (tertiary/aromatic N) is 2. The molecule has 0 aliphatic heterocycles. The average Bonchev–Trinajstić information content (AvgIpc) is 3.87. The third kappa shape index (κ3) is 6.06. The summed E-state index contributed by atoms with van der Waals surface area (Å²) in [6.45, 7) is 0. The van der Waals surface area contributed by atoms with Crippen LogP contribution in [-0.4, -0.2) is 22.6 Å². The largest absolute Gasteiger partial charge is 0.507 e. The van der Waals surface area contributed by atoms with Gasteiger partial charge in [0.15, 0.2) is 0 Å². The molecule has 0 bridgehead atoms. The molecule has 7 rings (SSSR count). The van der Waals surface area contributed by atoms with Gasteiger partial charge >= 0.3 is 0 Å². The van der Waals surface area contributed by atoms with Gasteiger partial charge in [-0.15, -0.1) is 45.3 Å². The summed E-state index contributed by atoms with van der Waals surface area (Å²) in [5.41, 5.74) is 4.59. The first-order valence-corrected chi connectivity index (χ1v) is 17.1. The molecule has 0 saturated heterocycles. The van der Waals surface area contributed by atoms with Crippen molar-refractivity contribution in [1.82, 2.24) is 0 Å². The highest BCUT2D eigenvalue weighted by atomic mass is 32.1. The monoisotopic (exact) mass is 644 g/mol. The van der Waals surface area contributed by atoms with Crippen molar-refractivity contribution in [2.24, 2.45) is 9.98 Å². The van der Waals surface area contributed by atoms with Gasteiger partial charge in [0.05, 0.1) is 11.4 Å². The molecule has 3 aromatic carbocycles. The molecule has 8 heteroatoms. The van der Waals surface area contributed by atoms with E-state index in [0.717, 1.165) is 20.9 Å². The molecule has 0 spiro atoms. The summed E-state index contributed by atoms with van der Waals surface area (Å²) in [6.07, 6.45) is 3.34. The minimum atomic E-state index is 0.158. The van der Waals surface area contributed by atoms with Gasteiger partial charge in [0.1, 0.15) is 11.5 Å². The molecule has 7 aromatic rings. The van der Waals surface area contributed by atoms with Crippen LogP contribution in [-0.2, 0) is 0 Å². The lowest BCUT2D eigenvalue weighted by molar-refractivity contribution is 0.474. The number of phenols is 2. The lowest BCUT2D eigenvalue weighted by Gasteiger charge is -2.05. The van der Waals surface area contributed by atoms with Crippen molar-refractivity contribution in [3.05, 3.63) is 131 Å². The van der Waals surface area contributed by atoms with Crippen LogP contribution in [0.2, 0.25) is 0 Å². The summed E-state index contributed by atoms with van der Waals surface area (Å²) in [5, 5.41) is 25.4. The maximum absolute atomic E-state index is 10.6. The highest BCUT2D eigenvalue weighted by Gasteiger charge is 2.10. The molecule has 44 heavy (non-hydrogen) atoms. The van der Waals surface area contributed by atoms with Crippen molar-refractivity contribution in [1.29, 1.82) is 0 Å². The van der Waals surface area contributed by atoms with Crippen molar-refractivity contribution in [2.45, 2.75) is 0 Å². The second-order valence-corrected chi connectivity index (χ2v) is 13.9. The Kier molecular flexibility index (Phi) is 8.04. The fourth-order valence-corrected chi connectivity index (χ4v) is 8.35. The molecule has 0 saturated carbocycles. The second-order valence-electron chi connectivity index (χ2n) is 9.83. The lowest BCUT2D eigenvalue weighted by atomic mass is 10.1. The highest BCUT2D eigenvalue weighted by molar-refractivity contribution is 7.23. The topological polar surface area (TPSA) is 65.2 Å². The van der Waals surface area contributed by atoms with E-state index >= 15 is 0 Å². The zero-order valence-electron chi connectivity index (χ0n) is 23.1. The summed E-state index contributed by atoms with van der Waals surface area (Å²) < 4.78 is 0. The van der Waals surface area contributed by atoms with Crippen LogP contribution in [0.5, 0.6) is 11.5 Å². The fraction of sp³-hybridized carbons (Fsp3) is 0.